The van der Waals surface area contributed by atoms with Gasteiger partial charge in [0.2, 0.25) is 0 Å². The van der Waals surface area contributed by atoms with Crippen molar-refractivity contribution in [3.05, 3.63) is 340 Å². The van der Waals surface area contributed by atoms with Crippen LogP contribution in [0.15, 0.2) is 293 Å². The molecule has 0 bridgehead atoms. The fourth-order valence-corrected chi connectivity index (χ4v) is 17.8. The van der Waals surface area contributed by atoms with E-state index in [1.54, 1.807) is 0 Å². The predicted molar refractivity (Wildman–Crippen MR) is 321 cm³/mol. The highest BCUT2D eigenvalue weighted by molar-refractivity contribution is 7.99. The summed E-state index contributed by atoms with van der Waals surface area (Å²) in [6.07, 6.45) is 0. The molecule has 0 unspecified atom stereocenters. The van der Waals surface area contributed by atoms with Gasteiger partial charge in [-0.25, -0.2) is 0 Å². The van der Waals surface area contributed by atoms with Gasteiger partial charge in [-0.15, -0.1) is 0 Å². The summed E-state index contributed by atoms with van der Waals surface area (Å²) < 4.78 is 6.83. The zero-order valence-corrected chi connectivity index (χ0v) is 44.3. The Morgan fingerprint density at radius 2 is 0.519 bits per heavy atom. The maximum absolute atomic E-state index is 6.83. The summed E-state index contributed by atoms with van der Waals surface area (Å²) in [7, 11) is 0. The number of fused-ring (bicyclic) bond motifs is 27. The van der Waals surface area contributed by atoms with Crippen molar-refractivity contribution < 1.29 is 4.74 Å². The second kappa shape index (κ2) is 16.0. The van der Waals surface area contributed by atoms with Crippen LogP contribution >= 0.6 is 23.5 Å². The van der Waals surface area contributed by atoms with Gasteiger partial charge in [-0.1, -0.05) is 224 Å². The van der Waals surface area contributed by atoms with Crippen molar-refractivity contribution in [1.29, 1.82) is 0 Å². The van der Waals surface area contributed by atoms with E-state index in [1.165, 1.54) is 109 Å². The number of ether oxygens (including phenoxy) is 1. The number of rotatable bonds is 3. The standard InChI is InChI=1S/C75H45NOS2/c1-4-22-55-49(19-1)52-40-37-47(44-65(52)74(55)59-25-7-13-31-67(59)77-68-32-14-8-26-60(68)74)76(46-39-42-58-54(43-46)51-21-3-6-24-57(51)73(58)61-27-9-15-33-69(61)78-70-34-16-10-28-62(70)73)48-38-41-53-50-20-2-5-23-56(50)75(66(53)45-48)63-29-11-17-35-71(63)79-72-36-18-12-30-64(72)75/h1-45H. The van der Waals surface area contributed by atoms with E-state index in [0.717, 1.165) is 39.7 Å². The van der Waals surface area contributed by atoms with Crippen molar-refractivity contribution in [2.24, 2.45) is 0 Å². The Labute approximate surface area is 467 Å². The third-order valence-corrected chi connectivity index (χ3v) is 20.6. The molecule has 12 aromatic rings. The normalized spacial score (nSPS) is 15.4. The Morgan fingerprint density at radius 1 is 0.228 bits per heavy atom. The molecule has 0 aromatic heterocycles. The van der Waals surface area contributed by atoms with E-state index < -0.39 is 16.2 Å². The maximum atomic E-state index is 6.83. The molecule has 0 amide bonds. The number of para-hydroxylation sites is 2. The highest BCUT2D eigenvalue weighted by atomic mass is 32.2. The first-order chi connectivity index (χ1) is 39.2. The van der Waals surface area contributed by atoms with Crippen molar-refractivity contribution in [2.45, 2.75) is 35.8 Å². The molecule has 3 spiro atoms. The van der Waals surface area contributed by atoms with Crippen LogP contribution in [0, 0.1) is 0 Å². The fourth-order valence-electron chi connectivity index (χ4n) is 15.4. The molecule has 2 nitrogen and oxygen atoms in total. The van der Waals surface area contributed by atoms with E-state index in [4.69, 9.17) is 4.74 Å². The molecular weight excluding hydrogens is 995 g/mol. The molecule has 12 aromatic carbocycles. The van der Waals surface area contributed by atoms with Crippen LogP contribution in [-0.2, 0) is 16.2 Å². The average Bonchev–Trinajstić information content (AvgIpc) is 3.29. The Balaban J connectivity index is 0.932. The molecule has 3 heterocycles. The monoisotopic (exact) mass is 1040 g/mol. The van der Waals surface area contributed by atoms with Crippen molar-refractivity contribution in [3.8, 4) is 44.9 Å². The average molecular weight is 1040 g/mol. The van der Waals surface area contributed by atoms with Crippen molar-refractivity contribution in [2.75, 3.05) is 4.90 Å². The molecular formula is C75H45NOS2. The van der Waals surface area contributed by atoms with Crippen LogP contribution in [0.1, 0.15) is 66.8 Å². The molecule has 0 N–H and O–H groups in total. The molecule has 18 rings (SSSR count). The summed E-state index contributed by atoms with van der Waals surface area (Å²) >= 11 is 3.78. The minimum absolute atomic E-state index is 0.491. The Kier molecular flexibility index (Phi) is 8.92. The Morgan fingerprint density at radius 3 is 0.962 bits per heavy atom. The minimum atomic E-state index is -0.640. The highest BCUT2D eigenvalue weighted by Crippen LogP contribution is 2.67. The van der Waals surface area contributed by atoms with E-state index >= 15 is 0 Å². The third kappa shape index (κ3) is 5.50. The molecule has 3 aliphatic carbocycles. The zero-order valence-electron chi connectivity index (χ0n) is 42.7. The zero-order chi connectivity index (χ0) is 51.6. The first-order valence-electron chi connectivity index (χ1n) is 27.3. The molecule has 0 radical (unpaired) electrons. The van der Waals surface area contributed by atoms with Gasteiger partial charge in [-0.2, -0.15) is 0 Å². The summed E-state index contributed by atoms with van der Waals surface area (Å²) in [4.78, 5) is 7.75. The quantitative estimate of drug-likeness (QED) is 0.175. The third-order valence-electron chi connectivity index (χ3n) is 18.3. The lowest BCUT2D eigenvalue weighted by Gasteiger charge is -2.40. The summed E-state index contributed by atoms with van der Waals surface area (Å²) in [6, 6.07) is 103. The SMILES string of the molecule is c1ccc2c(c1)Oc1ccccc1C21c2ccccc2-c2ccc(N(c3ccc4c(c3)-c3ccccc3C43c4ccccc4Sc4ccccc43)c3ccc4c(c3)C3(c5ccccc5Sc5ccccc53)c3ccccc3-4)cc21. The summed E-state index contributed by atoms with van der Waals surface area (Å²) in [5, 5.41) is 0. The molecule has 4 heteroatoms. The molecule has 0 fully saturated rings. The van der Waals surface area contributed by atoms with Gasteiger partial charge in [0.15, 0.2) is 0 Å². The summed E-state index contributed by atoms with van der Waals surface area (Å²) in [6.45, 7) is 0. The van der Waals surface area contributed by atoms with Crippen LogP contribution in [0.4, 0.5) is 17.1 Å². The molecule has 0 atom stereocenters. The van der Waals surface area contributed by atoms with Gasteiger partial charge < -0.3 is 9.64 Å². The van der Waals surface area contributed by atoms with Crippen LogP contribution < -0.4 is 9.64 Å². The van der Waals surface area contributed by atoms with Gasteiger partial charge in [0, 0.05) is 47.8 Å². The number of hydrogen-bond acceptors (Lipinski definition) is 4. The maximum Gasteiger partial charge on any atom is 0.132 e. The molecule has 0 saturated carbocycles. The van der Waals surface area contributed by atoms with Gasteiger partial charge in [0.25, 0.3) is 0 Å². The van der Waals surface area contributed by atoms with Gasteiger partial charge in [-0.3, -0.25) is 0 Å². The lowest BCUT2D eigenvalue weighted by atomic mass is 9.66. The number of hydrogen-bond donors (Lipinski definition) is 0. The number of benzene rings is 12. The second-order valence-corrected chi connectivity index (χ2v) is 23.9. The smallest absolute Gasteiger partial charge is 0.132 e. The van der Waals surface area contributed by atoms with Crippen LogP contribution in [-0.4, -0.2) is 0 Å². The largest absolute Gasteiger partial charge is 0.457 e. The van der Waals surface area contributed by atoms with Crippen LogP contribution in [0.3, 0.4) is 0 Å². The first-order valence-corrected chi connectivity index (χ1v) is 28.9. The second-order valence-electron chi connectivity index (χ2n) is 21.7. The number of nitrogens with zero attached hydrogens (tertiary/aromatic N) is 1. The van der Waals surface area contributed by atoms with Gasteiger partial charge in [0.1, 0.15) is 11.5 Å². The molecule has 3 aliphatic heterocycles. The van der Waals surface area contributed by atoms with E-state index in [1.807, 2.05) is 23.5 Å². The van der Waals surface area contributed by atoms with Crippen molar-refractivity contribution >= 4 is 40.6 Å². The highest BCUT2D eigenvalue weighted by Gasteiger charge is 2.54. The Bertz CT molecular complexity index is 4310. The Hall–Kier alpha value is -9.06. The van der Waals surface area contributed by atoms with Crippen molar-refractivity contribution in [3.63, 3.8) is 0 Å². The lowest BCUT2D eigenvalue weighted by Crippen LogP contribution is -2.32. The van der Waals surface area contributed by atoms with Crippen LogP contribution in [0.5, 0.6) is 11.5 Å². The minimum Gasteiger partial charge on any atom is -0.457 e. The van der Waals surface area contributed by atoms with Gasteiger partial charge >= 0.3 is 0 Å². The molecule has 6 aliphatic rings. The predicted octanol–water partition coefficient (Wildman–Crippen LogP) is 19.3. The van der Waals surface area contributed by atoms with E-state index in [2.05, 4.69) is 278 Å². The number of anilines is 3. The van der Waals surface area contributed by atoms with E-state index in [9.17, 15) is 0 Å². The molecule has 368 valence electrons. The summed E-state index contributed by atoms with van der Waals surface area (Å²) in [5.74, 6) is 1.77. The first kappa shape index (κ1) is 44.0. The fraction of sp³-hybridized carbons (Fsp3) is 0.0400. The summed E-state index contributed by atoms with van der Waals surface area (Å²) in [5.41, 5.74) is 24.6. The van der Waals surface area contributed by atoms with Gasteiger partial charge in [0.05, 0.1) is 16.2 Å². The van der Waals surface area contributed by atoms with Crippen LogP contribution in [0.25, 0.3) is 33.4 Å². The lowest BCUT2D eigenvalue weighted by molar-refractivity contribution is 0.436. The molecule has 0 saturated heterocycles. The molecule has 79 heavy (non-hydrogen) atoms. The van der Waals surface area contributed by atoms with Crippen molar-refractivity contribution in [1.82, 2.24) is 0 Å². The van der Waals surface area contributed by atoms with Gasteiger partial charge in [-0.05, 0) is 162 Å². The van der Waals surface area contributed by atoms with Crippen LogP contribution in [0.2, 0.25) is 0 Å². The topological polar surface area (TPSA) is 12.5 Å². The van der Waals surface area contributed by atoms with E-state index in [-0.39, 0.29) is 0 Å². The van der Waals surface area contributed by atoms with E-state index in [0.29, 0.717) is 0 Å².